The van der Waals surface area contributed by atoms with Gasteiger partial charge in [0.1, 0.15) is 24.7 Å². The van der Waals surface area contributed by atoms with Crippen molar-refractivity contribution < 1.29 is 14.6 Å². The largest absolute Gasteiger partial charge is 0.490 e. The van der Waals surface area contributed by atoms with Gasteiger partial charge in [0.25, 0.3) is 0 Å². The number of aryl methyl sites for hydroxylation is 1. The number of halogens is 1. The van der Waals surface area contributed by atoms with E-state index in [1.807, 2.05) is 49.4 Å². The summed E-state index contributed by atoms with van der Waals surface area (Å²) in [6.45, 7) is 4.61. The number of rotatable bonds is 6. The fourth-order valence-corrected chi connectivity index (χ4v) is 2.22. The summed E-state index contributed by atoms with van der Waals surface area (Å²) in [7, 11) is 0. The van der Waals surface area contributed by atoms with Crippen LogP contribution < -0.4 is 9.47 Å². The van der Waals surface area contributed by atoms with Crippen molar-refractivity contribution in [1.29, 1.82) is 0 Å². The molecule has 0 spiro atoms. The van der Waals surface area contributed by atoms with E-state index >= 15 is 0 Å². The fourth-order valence-electron chi connectivity index (χ4n) is 1.95. The molecule has 2 aromatic rings. The van der Waals surface area contributed by atoms with Crippen LogP contribution in [-0.4, -0.2) is 18.3 Å². The van der Waals surface area contributed by atoms with Crippen LogP contribution in [0, 0.1) is 6.92 Å². The Labute approximate surface area is 133 Å². The van der Waals surface area contributed by atoms with Crippen molar-refractivity contribution in [1.82, 2.24) is 0 Å². The molecule has 0 aliphatic rings. The molecule has 0 heterocycles. The van der Waals surface area contributed by atoms with E-state index in [0.717, 1.165) is 21.3 Å². The highest BCUT2D eigenvalue weighted by Crippen LogP contribution is 2.26. The monoisotopic (exact) mass is 350 g/mol. The Kier molecular flexibility index (Phi) is 5.65. The zero-order chi connectivity index (χ0) is 15.2. The zero-order valence-electron chi connectivity index (χ0n) is 12.2. The Bertz CT molecular complexity index is 579. The number of ether oxygens (including phenoxy) is 2. The highest BCUT2D eigenvalue weighted by atomic mass is 79.9. The van der Waals surface area contributed by atoms with Crippen molar-refractivity contribution in [2.24, 2.45) is 0 Å². The second kappa shape index (κ2) is 7.48. The molecule has 0 saturated carbocycles. The quantitative estimate of drug-likeness (QED) is 0.790. The third kappa shape index (κ3) is 4.76. The number of aliphatic hydroxyl groups is 1. The first-order chi connectivity index (χ1) is 10.1. The molecule has 0 saturated heterocycles. The van der Waals surface area contributed by atoms with Crippen molar-refractivity contribution in [3.8, 4) is 11.5 Å². The molecule has 112 valence electrons. The van der Waals surface area contributed by atoms with Crippen LogP contribution >= 0.6 is 15.9 Å². The molecule has 2 aromatic carbocycles. The number of benzene rings is 2. The topological polar surface area (TPSA) is 38.7 Å². The van der Waals surface area contributed by atoms with E-state index in [0.29, 0.717) is 19.0 Å². The molecule has 2 rings (SSSR count). The normalized spacial score (nSPS) is 12.0. The Morgan fingerprint density at radius 1 is 1.05 bits per heavy atom. The highest BCUT2D eigenvalue weighted by Gasteiger charge is 2.09. The van der Waals surface area contributed by atoms with Crippen LogP contribution in [0.15, 0.2) is 46.9 Å². The summed E-state index contributed by atoms with van der Waals surface area (Å²) in [6.07, 6.45) is -0.548. The summed E-state index contributed by atoms with van der Waals surface area (Å²) in [6, 6.07) is 13.5. The zero-order valence-corrected chi connectivity index (χ0v) is 13.8. The first-order valence-corrected chi connectivity index (χ1v) is 7.65. The van der Waals surface area contributed by atoms with Gasteiger partial charge < -0.3 is 14.6 Å². The molecule has 4 heteroatoms. The van der Waals surface area contributed by atoms with Crippen molar-refractivity contribution in [2.75, 3.05) is 13.2 Å². The van der Waals surface area contributed by atoms with E-state index < -0.39 is 6.10 Å². The van der Waals surface area contributed by atoms with Crippen molar-refractivity contribution in [2.45, 2.75) is 20.0 Å². The molecule has 0 aromatic heterocycles. The Hall–Kier alpha value is -1.52. The van der Waals surface area contributed by atoms with Gasteiger partial charge in [-0.1, -0.05) is 28.1 Å². The molecule has 0 aliphatic carbocycles. The minimum atomic E-state index is -0.548. The van der Waals surface area contributed by atoms with E-state index in [9.17, 15) is 5.11 Å². The van der Waals surface area contributed by atoms with Crippen LogP contribution in [0.25, 0.3) is 0 Å². The highest BCUT2D eigenvalue weighted by molar-refractivity contribution is 9.10. The van der Waals surface area contributed by atoms with Gasteiger partial charge in [0.2, 0.25) is 0 Å². The van der Waals surface area contributed by atoms with Gasteiger partial charge in [0.15, 0.2) is 0 Å². The van der Waals surface area contributed by atoms with Gasteiger partial charge in [0.05, 0.1) is 6.10 Å². The summed E-state index contributed by atoms with van der Waals surface area (Å²) in [5.74, 6) is 1.52. The van der Waals surface area contributed by atoms with Gasteiger partial charge >= 0.3 is 0 Å². The minimum absolute atomic E-state index is 0.430. The lowest BCUT2D eigenvalue weighted by Gasteiger charge is -2.14. The summed E-state index contributed by atoms with van der Waals surface area (Å²) in [4.78, 5) is 0. The van der Waals surface area contributed by atoms with Crippen LogP contribution in [0.4, 0.5) is 0 Å². The van der Waals surface area contributed by atoms with Gasteiger partial charge in [-0.25, -0.2) is 0 Å². The van der Waals surface area contributed by atoms with Gasteiger partial charge in [-0.2, -0.15) is 0 Å². The van der Waals surface area contributed by atoms with Crippen LogP contribution in [-0.2, 0) is 0 Å². The standard InChI is InChI=1S/C17H19BrO3/c1-12-3-8-16(13(2)19)17(11-12)21-10-9-20-15-6-4-14(18)5-7-15/h3-8,11,13,19H,9-10H2,1-2H3. The Morgan fingerprint density at radius 2 is 1.71 bits per heavy atom. The van der Waals surface area contributed by atoms with Crippen LogP contribution in [0.2, 0.25) is 0 Å². The molecule has 21 heavy (non-hydrogen) atoms. The van der Waals surface area contributed by atoms with E-state index in [4.69, 9.17) is 9.47 Å². The maximum atomic E-state index is 9.74. The van der Waals surface area contributed by atoms with Crippen LogP contribution in [0.5, 0.6) is 11.5 Å². The van der Waals surface area contributed by atoms with Gasteiger partial charge in [0, 0.05) is 10.0 Å². The summed E-state index contributed by atoms with van der Waals surface area (Å²) < 4.78 is 12.4. The molecule has 1 N–H and O–H groups in total. The maximum Gasteiger partial charge on any atom is 0.125 e. The first-order valence-electron chi connectivity index (χ1n) is 6.86. The first kappa shape index (κ1) is 15.9. The lowest BCUT2D eigenvalue weighted by atomic mass is 10.1. The molecule has 0 radical (unpaired) electrons. The van der Waals surface area contributed by atoms with E-state index in [-0.39, 0.29) is 0 Å². The van der Waals surface area contributed by atoms with Gasteiger partial charge in [-0.3, -0.25) is 0 Å². The van der Waals surface area contributed by atoms with E-state index in [1.165, 1.54) is 0 Å². The summed E-state index contributed by atoms with van der Waals surface area (Å²) >= 11 is 3.38. The molecule has 0 aliphatic heterocycles. The third-order valence-corrected chi connectivity index (χ3v) is 3.57. The summed E-state index contributed by atoms with van der Waals surface area (Å²) in [5, 5.41) is 9.74. The van der Waals surface area contributed by atoms with E-state index in [2.05, 4.69) is 15.9 Å². The molecule has 3 nitrogen and oxygen atoms in total. The molecule has 1 atom stereocenters. The second-order valence-electron chi connectivity index (χ2n) is 4.87. The Morgan fingerprint density at radius 3 is 2.38 bits per heavy atom. The second-order valence-corrected chi connectivity index (χ2v) is 5.78. The number of aliphatic hydroxyl groups excluding tert-OH is 1. The average Bonchev–Trinajstić information content (AvgIpc) is 2.45. The molecule has 0 amide bonds. The number of hydrogen-bond donors (Lipinski definition) is 1. The fraction of sp³-hybridized carbons (Fsp3) is 0.294. The maximum absolute atomic E-state index is 9.74. The molecular weight excluding hydrogens is 332 g/mol. The lowest BCUT2D eigenvalue weighted by molar-refractivity contribution is 0.182. The van der Waals surface area contributed by atoms with E-state index in [1.54, 1.807) is 6.92 Å². The predicted octanol–water partition coefficient (Wildman–Crippen LogP) is 4.27. The summed E-state index contributed by atoms with van der Waals surface area (Å²) in [5.41, 5.74) is 1.90. The average molecular weight is 351 g/mol. The van der Waals surface area contributed by atoms with Crippen molar-refractivity contribution in [3.63, 3.8) is 0 Å². The molecule has 0 fully saturated rings. The smallest absolute Gasteiger partial charge is 0.125 e. The van der Waals surface area contributed by atoms with Crippen LogP contribution in [0.3, 0.4) is 0 Å². The SMILES string of the molecule is Cc1ccc(C(C)O)c(OCCOc2ccc(Br)cc2)c1. The third-order valence-electron chi connectivity index (χ3n) is 3.04. The lowest BCUT2D eigenvalue weighted by Crippen LogP contribution is -2.10. The predicted molar refractivity (Wildman–Crippen MR) is 86.9 cm³/mol. The molecule has 0 bridgehead atoms. The van der Waals surface area contributed by atoms with Crippen molar-refractivity contribution in [3.05, 3.63) is 58.1 Å². The van der Waals surface area contributed by atoms with Gasteiger partial charge in [-0.05, 0) is 49.7 Å². The number of hydrogen-bond acceptors (Lipinski definition) is 3. The van der Waals surface area contributed by atoms with Crippen molar-refractivity contribution >= 4 is 15.9 Å². The molecular formula is C17H19BrO3. The Balaban J connectivity index is 1.88. The molecule has 1 unspecified atom stereocenters. The van der Waals surface area contributed by atoms with Gasteiger partial charge in [-0.15, -0.1) is 0 Å². The minimum Gasteiger partial charge on any atom is -0.490 e. The van der Waals surface area contributed by atoms with Crippen LogP contribution in [0.1, 0.15) is 24.2 Å².